The number of nitrogens with one attached hydrogen (secondary N) is 1. The Labute approximate surface area is 106 Å². The van der Waals surface area contributed by atoms with Crippen molar-refractivity contribution in [2.75, 3.05) is 5.32 Å². The van der Waals surface area contributed by atoms with Crippen molar-refractivity contribution in [1.29, 1.82) is 0 Å². The van der Waals surface area contributed by atoms with Gasteiger partial charge < -0.3 is 5.32 Å². The van der Waals surface area contributed by atoms with Crippen molar-refractivity contribution in [3.05, 3.63) is 12.1 Å². The van der Waals surface area contributed by atoms with Crippen molar-refractivity contribution < 1.29 is 0 Å². The van der Waals surface area contributed by atoms with Gasteiger partial charge in [0.2, 0.25) is 0 Å². The van der Waals surface area contributed by atoms with Crippen LogP contribution < -0.4 is 5.32 Å². The highest BCUT2D eigenvalue weighted by Gasteiger charge is 2.25. The van der Waals surface area contributed by atoms with E-state index < -0.39 is 0 Å². The summed E-state index contributed by atoms with van der Waals surface area (Å²) >= 11 is 0. The third kappa shape index (κ3) is 2.14. The summed E-state index contributed by atoms with van der Waals surface area (Å²) in [6.45, 7) is 4.64. The van der Waals surface area contributed by atoms with Crippen LogP contribution in [0.4, 0.5) is 5.82 Å². The van der Waals surface area contributed by atoms with E-state index in [0.29, 0.717) is 17.6 Å². The van der Waals surface area contributed by atoms with Crippen LogP contribution in [0.5, 0.6) is 0 Å². The van der Waals surface area contributed by atoms with Gasteiger partial charge in [0.25, 0.3) is 0 Å². The van der Waals surface area contributed by atoms with E-state index in [1.807, 2.05) is 12.1 Å². The molecular weight excluding hydrogens is 228 g/mol. The lowest BCUT2D eigenvalue weighted by molar-refractivity contribution is 0.276. The van der Waals surface area contributed by atoms with Gasteiger partial charge in [-0.1, -0.05) is 13.8 Å². The van der Waals surface area contributed by atoms with Crippen LogP contribution in [-0.4, -0.2) is 31.3 Å². The quantitative estimate of drug-likeness (QED) is 0.874. The highest BCUT2D eigenvalue weighted by Crippen LogP contribution is 2.30. The molecule has 1 fully saturated rings. The Morgan fingerprint density at radius 2 is 2.17 bits per heavy atom. The van der Waals surface area contributed by atoms with Gasteiger partial charge in [0.05, 0.1) is 0 Å². The van der Waals surface area contributed by atoms with Crippen LogP contribution in [0.15, 0.2) is 12.1 Å². The lowest BCUT2D eigenvalue weighted by Gasteiger charge is -2.33. The van der Waals surface area contributed by atoms with Crippen LogP contribution >= 0.6 is 0 Å². The minimum atomic E-state index is 0.502. The van der Waals surface area contributed by atoms with E-state index in [2.05, 4.69) is 39.8 Å². The van der Waals surface area contributed by atoms with Gasteiger partial charge >= 0.3 is 0 Å². The van der Waals surface area contributed by atoms with E-state index in [4.69, 9.17) is 0 Å². The summed E-state index contributed by atoms with van der Waals surface area (Å²) < 4.78 is 1.46. The fourth-order valence-electron chi connectivity index (χ4n) is 2.80. The van der Waals surface area contributed by atoms with Crippen molar-refractivity contribution in [2.45, 2.75) is 39.2 Å². The molecule has 1 aliphatic rings. The average Bonchev–Trinajstić information content (AvgIpc) is 2.80. The topological polar surface area (TPSA) is 68.0 Å². The van der Waals surface area contributed by atoms with Crippen molar-refractivity contribution in [2.24, 2.45) is 11.8 Å². The molecule has 1 N–H and O–H groups in total. The van der Waals surface area contributed by atoms with Gasteiger partial charge in [-0.05, 0) is 53.7 Å². The maximum atomic E-state index is 4.35. The lowest BCUT2D eigenvalue weighted by atomic mass is 9.80. The Kier molecular flexibility index (Phi) is 2.85. The Hall–Kier alpha value is -1.72. The summed E-state index contributed by atoms with van der Waals surface area (Å²) in [5.41, 5.74) is 0.672. The molecule has 0 spiro atoms. The number of fused-ring (bicyclic) bond motifs is 1. The SMILES string of the molecule is CC1CCC(Nc2ccc3nnnn3n2)C(C)C1. The minimum Gasteiger partial charge on any atom is -0.366 e. The standard InChI is InChI=1S/C12H18N6/c1-8-3-4-10(9(2)7-8)13-11-5-6-12-14-16-17-18(12)15-11/h5-6,8-10H,3-4,7H2,1-2H3,(H,13,15). The molecule has 0 saturated heterocycles. The van der Waals surface area contributed by atoms with Gasteiger partial charge in [0, 0.05) is 6.04 Å². The molecule has 18 heavy (non-hydrogen) atoms. The Bertz CT molecular complexity index is 536. The van der Waals surface area contributed by atoms with Gasteiger partial charge in [0.15, 0.2) is 5.65 Å². The minimum absolute atomic E-state index is 0.502. The Morgan fingerprint density at radius 3 is 3.00 bits per heavy atom. The Balaban J connectivity index is 1.75. The van der Waals surface area contributed by atoms with Crippen molar-refractivity contribution in [3.63, 3.8) is 0 Å². The van der Waals surface area contributed by atoms with Crippen LogP contribution in [-0.2, 0) is 0 Å². The lowest BCUT2D eigenvalue weighted by Crippen LogP contribution is -2.33. The number of anilines is 1. The number of rotatable bonds is 2. The number of nitrogens with zero attached hydrogens (tertiary/aromatic N) is 5. The average molecular weight is 246 g/mol. The monoisotopic (exact) mass is 246 g/mol. The number of aromatic nitrogens is 5. The van der Waals surface area contributed by atoms with E-state index in [9.17, 15) is 0 Å². The van der Waals surface area contributed by atoms with Gasteiger partial charge in [-0.25, -0.2) is 0 Å². The molecule has 0 aromatic carbocycles. The fraction of sp³-hybridized carbons (Fsp3) is 0.667. The zero-order valence-electron chi connectivity index (χ0n) is 10.7. The van der Waals surface area contributed by atoms with E-state index in [1.54, 1.807) is 0 Å². The van der Waals surface area contributed by atoms with E-state index >= 15 is 0 Å². The van der Waals surface area contributed by atoms with Gasteiger partial charge in [0.1, 0.15) is 5.82 Å². The van der Waals surface area contributed by atoms with Crippen LogP contribution in [0.2, 0.25) is 0 Å². The largest absolute Gasteiger partial charge is 0.366 e. The molecule has 2 heterocycles. The summed E-state index contributed by atoms with van der Waals surface area (Å²) in [6.07, 6.45) is 3.78. The van der Waals surface area contributed by atoms with E-state index in [-0.39, 0.29) is 0 Å². The summed E-state index contributed by atoms with van der Waals surface area (Å²) in [5, 5.41) is 19.1. The molecule has 6 nitrogen and oxygen atoms in total. The van der Waals surface area contributed by atoms with Crippen LogP contribution in [0.1, 0.15) is 33.1 Å². The second-order valence-electron chi connectivity index (χ2n) is 5.39. The van der Waals surface area contributed by atoms with E-state index in [1.165, 1.54) is 23.9 Å². The third-order valence-electron chi connectivity index (χ3n) is 3.83. The molecule has 3 atom stereocenters. The summed E-state index contributed by atoms with van der Waals surface area (Å²) in [7, 11) is 0. The van der Waals surface area contributed by atoms with Crippen molar-refractivity contribution in [1.82, 2.24) is 25.3 Å². The maximum Gasteiger partial charge on any atom is 0.200 e. The Morgan fingerprint density at radius 1 is 1.28 bits per heavy atom. The van der Waals surface area contributed by atoms with Gasteiger partial charge in [-0.15, -0.1) is 14.8 Å². The highest BCUT2D eigenvalue weighted by molar-refractivity contribution is 5.42. The molecular formula is C12H18N6. The van der Waals surface area contributed by atoms with Crippen LogP contribution in [0.3, 0.4) is 0 Å². The zero-order valence-corrected chi connectivity index (χ0v) is 10.7. The molecule has 3 unspecified atom stereocenters. The first-order valence-electron chi connectivity index (χ1n) is 6.54. The molecule has 3 rings (SSSR count). The second kappa shape index (κ2) is 4.51. The number of hydrogen-bond donors (Lipinski definition) is 1. The highest BCUT2D eigenvalue weighted by atomic mass is 15.6. The third-order valence-corrected chi connectivity index (χ3v) is 3.83. The molecule has 1 saturated carbocycles. The first-order valence-corrected chi connectivity index (χ1v) is 6.54. The molecule has 2 aromatic heterocycles. The molecule has 0 radical (unpaired) electrons. The maximum absolute atomic E-state index is 4.35. The second-order valence-corrected chi connectivity index (χ2v) is 5.39. The van der Waals surface area contributed by atoms with Crippen molar-refractivity contribution >= 4 is 11.5 Å². The number of hydrogen-bond acceptors (Lipinski definition) is 5. The summed E-state index contributed by atoms with van der Waals surface area (Å²) in [6, 6.07) is 4.32. The molecule has 0 amide bonds. The van der Waals surface area contributed by atoms with Gasteiger partial charge in [-0.3, -0.25) is 0 Å². The molecule has 2 aromatic rings. The number of tetrazole rings is 1. The summed E-state index contributed by atoms with van der Waals surface area (Å²) in [4.78, 5) is 0. The molecule has 0 bridgehead atoms. The van der Waals surface area contributed by atoms with Crippen molar-refractivity contribution in [3.8, 4) is 0 Å². The molecule has 1 aliphatic carbocycles. The molecule has 96 valence electrons. The van der Waals surface area contributed by atoms with Crippen LogP contribution in [0.25, 0.3) is 5.65 Å². The summed E-state index contributed by atoms with van der Waals surface area (Å²) in [5.74, 6) is 2.37. The smallest absolute Gasteiger partial charge is 0.200 e. The zero-order chi connectivity index (χ0) is 12.5. The first-order chi connectivity index (χ1) is 8.72. The van der Waals surface area contributed by atoms with E-state index in [0.717, 1.165) is 11.7 Å². The fourth-order valence-corrected chi connectivity index (χ4v) is 2.80. The van der Waals surface area contributed by atoms with Crippen LogP contribution in [0, 0.1) is 11.8 Å². The molecule has 6 heteroatoms. The van der Waals surface area contributed by atoms with Gasteiger partial charge in [-0.2, -0.15) is 0 Å². The predicted octanol–water partition coefficient (Wildman–Crippen LogP) is 1.76. The first kappa shape index (κ1) is 11.4. The predicted molar refractivity (Wildman–Crippen MR) is 68.2 cm³/mol. The normalized spacial score (nSPS) is 28.4. The molecule has 0 aliphatic heterocycles.